The molecule has 2 rings (SSSR count). The van der Waals surface area contributed by atoms with Crippen LogP contribution in [0.3, 0.4) is 0 Å². The largest absolute Gasteiger partial charge is 0.481 e. The van der Waals surface area contributed by atoms with Crippen molar-refractivity contribution in [2.75, 3.05) is 5.75 Å². The number of thioether (sulfide) groups is 1. The lowest BCUT2D eigenvalue weighted by Crippen LogP contribution is -2.24. The quantitative estimate of drug-likeness (QED) is 0.862. The molecule has 0 aliphatic rings. The van der Waals surface area contributed by atoms with Crippen molar-refractivity contribution in [2.45, 2.75) is 31.5 Å². The summed E-state index contributed by atoms with van der Waals surface area (Å²) < 4.78 is 3.64. The maximum absolute atomic E-state index is 10.7. The number of carboxylic acid groups (broad SMARTS) is 1. The fraction of sp³-hybridized carbons (Fsp3) is 0.500. The van der Waals surface area contributed by atoms with E-state index in [1.165, 1.54) is 11.8 Å². The van der Waals surface area contributed by atoms with Crippen molar-refractivity contribution in [3.8, 4) is 11.4 Å². The third kappa shape index (κ3) is 3.01. The van der Waals surface area contributed by atoms with Crippen molar-refractivity contribution in [2.24, 2.45) is 7.05 Å². The smallest absolute Gasteiger partial charge is 0.313 e. The van der Waals surface area contributed by atoms with E-state index in [9.17, 15) is 4.79 Å². The third-order valence-electron chi connectivity index (χ3n) is 2.59. The second-order valence-corrected chi connectivity index (χ2v) is 6.34. The van der Waals surface area contributed by atoms with Crippen LogP contribution >= 0.6 is 11.8 Å². The average Bonchev–Trinajstić information content (AvgIpc) is 2.90. The summed E-state index contributed by atoms with van der Waals surface area (Å²) in [5.74, 6) is -0.221. The van der Waals surface area contributed by atoms with Gasteiger partial charge in [-0.1, -0.05) is 11.8 Å². The maximum atomic E-state index is 10.7. The Hall–Kier alpha value is -1.83. The Labute approximate surface area is 121 Å². The molecule has 20 heavy (non-hydrogen) atoms. The first-order chi connectivity index (χ1) is 9.29. The van der Waals surface area contributed by atoms with Crippen molar-refractivity contribution in [3.05, 3.63) is 12.4 Å². The van der Waals surface area contributed by atoms with Crippen LogP contribution in [0.25, 0.3) is 11.4 Å². The summed E-state index contributed by atoms with van der Waals surface area (Å²) in [6, 6.07) is 0. The SMILES string of the molecule is Cn1cc(-c2nnc(SCC(=O)O)n2C(C)(C)C)cn1. The van der Waals surface area contributed by atoms with Crippen LogP contribution in [0.5, 0.6) is 0 Å². The summed E-state index contributed by atoms with van der Waals surface area (Å²) in [6.45, 7) is 6.09. The highest BCUT2D eigenvalue weighted by atomic mass is 32.2. The number of hydrogen-bond donors (Lipinski definition) is 1. The minimum Gasteiger partial charge on any atom is -0.481 e. The normalized spacial score (nSPS) is 11.8. The van der Waals surface area contributed by atoms with Crippen molar-refractivity contribution in [1.29, 1.82) is 0 Å². The van der Waals surface area contributed by atoms with E-state index in [0.29, 0.717) is 11.0 Å². The van der Waals surface area contributed by atoms with Gasteiger partial charge in [0.1, 0.15) is 0 Å². The molecule has 0 radical (unpaired) electrons. The van der Waals surface area contributed by atoms with Gasteiger partial charge >= 0.3 is 5.97 Å². The van der Waals surface area contributed by atoms with E-state index in [2.05, 4.69) is 15.3 Å². The van der Waals surface area contributed by atoms with Crippen molar-refractivity contribution < 1.29 is 9.90 Å². The Morgan fingerprint density at radius 1 is 1.40 bits per heavy atom. The number of carbonyl (C=O) groups is 1. The second-order valence-electron chi connectivity index (χ2n) is 5.40. The molecule has 8 heteroatoms. The van der Waals surface area contributed by atoms with Gasteiger partial charge in [-0.3, -0.25) is 14.0 Å². The Balaban J connectivity index is 2.45. The fourth-order valence-electron chi connectivity index (χ4n) is 1.82. The van der Waals surface area contributed by atoms with Gasteiger partial charge in [0.05, 0.1) is 17.5 Å². The minimum absolute atomic E-state index is 0.0404. The average molecular weight is 295 g/mol. The van der Waals surface area contributed by atoms with E-state index in [1.807, 2.05) is 38.6 Å². The summed E-state index contributed by atoms with van der Waals surface area (Å²) in [4.78, 5) is 10.7. The molecule has 0 fully saturated rings. The Kier molecular flexibility index (Phi) is 3.85. The molecule has 0 amide bonds. The maximum Gasteiger partial charge on any atom is 0.313 e. The zero-order chi connectivity index (χ0) is 14.9. The van der Waals surface area contributed by atoms with Crippen molar-refractivity contribution >= 4 is 17.7 Å². The molecule has 0 bridgehead atoms. The Bertz CT molecular complexity index is 626. The first-order valence-electron chi connectivity index (χ1n) is 6.08. The highest BCUT2D eigenvalue weighted by Gasteiger charge is 2.25. The summed E-state index contributed by atoms with van der Waals surface area (Å²) in [6.07, 6.45) is 3.58. The molecule has 108 valence electrons. The van der Waals surface area contributed by atoms with Crippen LogP contribution in [0.2, 0.25) is 0 Å². The summed E-state index contributed by atoms with van der Waals surface area (Å²) in [7, 11) is 1.83. The van der Waals surface area contributed by atoms with E-state index < -0.39 is 5.97 Å². The topological polar surface area (TPSA) is 85.8 Å². The molecule has 0 atom stereocenters. The molecule has 7 nitrogen and oxygen atoms in total. The molecule has 0 aliphatic carbocycles. The van der Waals surface area contributed by atoms with E-state index in [0.717, 1.165) is 5.56 Å². The molecule has 0 aromatic carbocycles. The zero-order valence-corrected chi connectivity index (χ0v) is 12.7. The summed E-state index contributed by atoms with van der Waals surface area (Å²) in [5, 5.41) is 21.8. The summed E-state index contributed by atoms with van der Waals surface area (Å²) >= 11 is 1.17. The predicted octanol–water partition coefficient (Wildman–Crippen LogP) is 1.61. The highest BCUT2D eigenvalue weighted by Crippen LogP contribution is 2.30. The first-order valence-corrected chi connectivity index (χ1v) is 7.07. The third-order valence-corrected chi connectivity index (χ3v) is 3.51. The van der Waals surface area contributed by atoms with Gasteiger partial charge in [-0.25, -0.2) is 0 Å². The molecule has 2 aromatic rings. The van der Waals surface area contributed by atoms with Crippen LogP contribution in [0.1, 0.15) is 20.8 Å². The van der Waals surface area contributed by atoms with Gasteiger partial charge in [0.15, 0.2) is 11.0 Å². The van der Waals surface area contributed by atoms with Gasteiger partial charge in [0.25, 0.3) is 0 Å². The lowest BCUT2D eigenvalue weighted by Gasteiger charge is -2.24. The highest BCUT2D eigenvalue weighted by molar-refractivity contribution is 7.99. The molecule has 2 aromatic heterocycles. The van der Waals surface area contributed by atoms with Gasteiger partial charge in [0, 0.05) is 18.8 Å². The van der Waals surface area contributed by atoms with Crippen LogP contribution in [0, 0.1) is 0 Å². The van der Waals surface area contributed by atoms with E-state index in [4.69, 9.17) is 5.11 Å². The minimum atomic E-state index is -0.874. The monoisotopic (exact) mass is 295 g/mol. The van der Waals surface area contributed by atoms with Gasteiger partial charge in [-0.15, -0.1) is 10.2 Å². The predicted molar refractivity (Wildman–Crippen MR) is 75.6 cm³/mol. The Morgan fingerprint density at radius 2 is 2.10 bits per heavy atom. The van der Waals surface area contributed by atoms with Crippen LogP contribution in [0.15, 0.2) is 17.6 Å². The second kappa shape index (κ2) is 5.28. The van der Waals surface area contributed by atoms with Gasteiger partial charge in [-0.2, -0.15) is 5.10 Å². The number of carboxylic acids is 1. The molecule has 0 unspecified atom stereocenters. The zero-order valence-electron chi connectivity index (χ0n) is 11.9. The number of hydrogen-bond acceptors (Lipinski definition) is 5. The van der Waals surface area contributed by atoms with Crippen LogP contribution in [-0.4, -0.2) is 41.4 Å². The lowest BCUT2D eigenvalue weighted by atomic mass is 10.1. The molecule has 0 saturated carbocycles. The van der Waals surface area contributed by atoms with Gasteiger partial charge < -0.3 is 5.11 Å². The van der Waals surface area contributed by atoms with Gasteiger partial charge in [0.2, 0.25) is 0 Å². The van der Waals surface area contributed by atoms with E-state index >= 15 is 0 Å². The number of aromatic nitrogens is 5. The van der Waals surface area contributed by atoms with Crippen molar-refractivity contribution in [1.82, 2.24) is 24.5 Å². The van der Waals surface area contributed by atoms with Crippen LogP contribution in [-0.2, 0) is 17.4 Å². The lowest BCUT2D eigenvalue weighted by molar-refractivity contribution is -0.133. The molecular weight excluding hydrogens is 278 g/mol. The van der Waals surface area contributed by atoms with Crippen LogP contribution < -0.4 is 0 Å². The number of aliphatic carboxylic acids is 1. The molecular formula is C12H17N5O2S. The number of rotatable bonds is 4. The number of aryl methyl sites for hydroxylation is 1. The van der Waals surface area contributed by atoms with Crippen molar-refractivity contribution in [3.63, 3.8) is 0 Å². The number of nitrogens with zero attached hydrogens (tertiary/aromatic N) is 5. The molecule has 0 spiro atoms. The summed E-state index contributed by atoms with van der Waals surface area (Å²) in [5.41, 5.74) is 0.604. The molecule has 0 aliphatic heterocycles. The van der Waals surface area contributed by atoms with E-state index in [-0.39, 0.29) is 11.3 Å². The van der Waals surface area contributed by atoms with Gasteiger partial charge in [-0.05, 0) is 20.8 Å². The molecule has 1 N–H and O–H groups in total. The standard InChI is InChI=1S/C12H17N5O2S/c1-12(2,3)17-10(8-5-13-16(4)6-8)14-15-11(17)20-7-9(18)19/h5-6H,7H2,1-4H3,(H,18,19). The first kappa shape index (κ1) is 14.6. The Morgan fingerprint density at radius 3 is 2.60 bits per heavy atom. The van der Waals surface area contributed by atoms with Crippen LogP contribution in [0.4, 0.5) is 0 Å². The molecule has 2 heterocycles. The molecule has 0 saturated heterocycles. The van der Waals surface area contributed by atoms with E-state index in [1.54, 1.807) is 10.9 Å². The fourth-order valence-corrected chi connectivity index (χ4v) is 2.66.